The van der Waals surface area contributed by atoms with Gasteiger partial charge < -0.3 is 15.2 Å². The van der Waals surface area contributed by atoms with Gasteiger partial charge in [-0.1, -0.05) is 12.5 Å². The molecule has 2 heterocycles. The van der Waals surface area contributed by atoms with Crippen molar-refractivity contribution < 1.29 is 4.79 Å². The molecule has 3 rings (SSSR count). The van der Waals surface area contributed by atoms with Crippen LogP contribution in [0.15, 0.2) is 24.4 Å². The maximum absolute atomic E-state index is 12.1. The van der Waals surface area contributed by atoms with Crippen LogP contribution < -0.4 is 5.32 Å². The van der Waals surface area contributed by atoms with Gasteiger partial charge in [0.05, 0.1) is 0 Å². The summed E-state index contributed by atoms with van der Waals surface area (Å²) in [5.74, 6) is -0.00138. The van der Waals surface area contributed by atoms with Crippen molar-refractivity contribution in [3.63, 3.8) is 0 Å². The lowest BCUT2D eigenvalue weighted by Gasteiger charge is -2.26. The van der Waals surface area contributed by atoms with Crippen LogP contribution in [-0.4, -0.2) is 42.0 Å². The highest BCUT2D eigenvalue weighted by Gasteiger charge is 2.11. The first kappa shape index (κ1) is 13.2. The smallest absolute Gasteiger partial charge is 0.251 e. The number of fused-ring (bicyclic) bond motifs is 1. The SMILES string of the molecule is O=C(NCCN1CCCCC1)c1ccc2[c]c[nH]c2c1. The fourth-order valence-electron chi connectivity index (χ4n) is 2.73. The number of carbonyl (C=O) groups excluding carboxylic acids is 1. The van der Waals surface area contributed by atoms with Crippen molar-refractivity contribution in [2.75, 3.05) is 26.2 Å². The third kappa shape index (κ3) is 3.02. The first-order chi connectivity index (χ1) is 9.83. The molecule has 0 bridgehead atoms. The van der Waals surface area contributed by atoms with Crippen LogP contribution in [0.4, 0.5) is 0 Å². The molecule has 0 spiro atoms. The van der Waals surface area contributed by atoms with Gasteiger partial charge in [0, 0.05) is 41.8 Å². The van der Waals surface area contributed by atoms with E-state index >= 15 is 0 Å². The molecular weight excluding hydrogens is 250 g/mol. The van der Waals surface area contributed by atoms with E-state index in [-0.39, 0.29) is 5.91 Å². The molecule has 0 saturated carbocycles. The predicted octanol–water partition coefficient (Wildman–Crippen LogP) is 2.18. The van der Waals surface area contributed by atoms with Crippen molar-refractivity contribution in [1.82, 2.24) is 15.2 Å². The van der Waals surface area contributed by atoms with Crippen LogP contribution in [0.5, 0.6) is 0 Å². The molecule has 1 radical (unpaired) electrons. The number of nitrogens with one attached hydrogen (secondary N) is 2. The Morgan fingerprint density at radius 3 is 3.00 bits per heavy atom. The molecule has 1 aliphatic heterocycles. The van der Waals surface area contributed by atoms with Gasteiger partial charge in [0.2, 0.25) is 0 Å². The molecule has 2 N–H and O–H groups in total. The number of hydrogen-bond acceptors (Lipinski definition) is 2. The van der Waals surface area contributed by atoms with E-state index < -0.39 is 0 Å². The second kappa shape index (κ2) is 6.09. The molecule has 0 atom stereocenters. The van der Waals surface area contributed by atoms with Crippen molar-refractivity contribution in [2.45, 2.75) is 19.3 Å². The van der Waals surface area contributed by atoms with Crippen molar-refractivity contribution in [3.05, 3.63) is 36.0 Å². The molecule has 4 heteroatoms. The van der Waals surface area contributed by atoms with Gasteiger partial charge in [-0.25, -0.2) is 0 Å². The fraction of sp³-hybridized carbons (Fsp3) is 0.438. The summed E-state index contributed by atoms with van der Waals surface area (Å²) in [4.78, 5) is 17.6. The lowest BCUT2D eigenvalue weighted by molar-refractivity contribution is 0.0946. The van der Waals surface area contributed by atoms with E-state index in [0.29, 0.717) is 12.1 Å². The van der Waals surface area contributed by atoms with Crippen LogP contribution in [0.2, 0.25) is 0 Å². The molecule has 1 aliphatic rings. The van der Waals surface area contributed by atoms with Gasteiger partial charge >= 0.3 is 0 Å². The molecule has 1 fully saturated rings. The molecule has 1 saturated heterocycles. The molecule has 105 valence electrons. The molecular formula is C16H20N3O. The highest BCUT2D eigenvalue weighted by Crippen LogP contribution is 2.13. The van der Waals surface area contributed by atoms with Crippen molar-refractivity contribution >= 4 is 16.8 Å². The number of H-pyrrole nitrogens is 1. The van der Waals surface area contributed by atoms with Gasteiger partial charge in [-0.15, -0.1) is 0 Å². The van der Waals surface area contributed by atoms with Crippen molar-refractivity contribution in [3.8, 4) is 0 Å². The van der Waals surface area contributed by atoms with E-state index in [4.69, 9.17) is 0 Å². The topological polar surface area (TPSA) is 48.1 Å². The molecule has 1 amide bonds. The third-order valence-corrected chi connectivity index (χ3v) is 3.90. The number of benzene rings is 1. The number of hydrogen-bond donors (Lipinski definition) is 2. The molecule has 2 aromatic rings. The standard InChI is InChI=1S/C16H20N3O/c20-16(18-8-11-19-9-2-1-3-10-19)14-5-4-13-6-7-17-15(13)12-14/h4-5,7,12,17H,1-3,8-11H2,(H,18,20). The lowest BCUT2D eigenvalue weighted by atomic mass is 10.1. The summed E-state index contributed by atoms with van der Waals surface area (Å²) in [6, 6.07) is 8.73. The van der Waals surface area contributed by atoms with Crippen LogP contribution in [0.1, 0.15) is 29.6 Å². The number of likely N-dealkylation sites (tertiary alicyclic amines) is 1. The molecule has 1 aromatic carbocycles. The maximum Gasteiger partial charge on any atom is 0.251 e. The molecule has 1 aromatic heterocycles. The summed E-state index contributed by atoms with van der Waals surface area (Å²) in [6.07, 6.45) is 5.68. The Labute approximate surface area is 119 Å². The maximum atomic E-state index is 12.1. The minimum atomic E-state index is -0.00138. The number of amides is 1. The quantitative estimate of drug-likeness (QED) is 0.894. The molecule has 4 nitrogen and oxygen atoms in total. The van der Waals surface area contributed by atoms with Gasteiger partial charge in [-0.05, 0) is 38.1 Å². The molecule has 0 unspecified atom stereocenters. The van der Waals surface area contributed by atoms with E-state index in [2.05, 4.69) is 21.3 Å². The highest BCUT2D eigenvalue weighted by atomic mass is 16.1. The Morgan fingerprint density at radius 1 is 1.30 bits per heavy atom. The monoisotopic (exact) mass is 270 g/mol. The number of aromatic amines is 1. The predicted molar refractivity (Wildman–Crippen MR) is 79.8 cm³/mol. The largest absolute Gasteiger partial charge is 0.361 e. The van der Waals surface area contributed by atoms with Crippen LogP contribution in [0.25, 0.3) is 10.9 Å². The van der Waals surface area contributed by atoms with Gasteiger partial charge in [-0.3, -0.25) is 4.79 Å². The highest BCUT2D eigenvalue weighted by molar-refractivity contribution is 5.97. The summed E-state index contributed by atoms with van der Waals surface area (Å²) >= 11 is 0. The van der Waals surface area contributed by atoms with Gasteiger partial charge in [0.15, 0.2) is 0 Å². The summed E-state index contributed by atoms with van der Waals surface area (Å²) in [5.41, 5.74) is 1.65. The second-order valence-corrected chi connectivity index (χ2v) is 5.35. The van der Waals surface area contributed by atoms with Crippen molar-refractivity contribution in [2.24, 2.45) is 0 Å². The first-order valence-corrected chi connectivity index (χ1v) is 7.32. The van der Waals surface area contributed by atoms with E-state index in [1.165, 1.54) is 32.4 Å². The Bertz CT molecular complexity index is 584. The number of carbonyl (C=O) groups is 1. The second-order valence-electron chi connectivity index (χ2n) is 5.35. The van der Waals surface area contributed by atoms with E-state index in [9.17, 15) is 4.79 Å². The summed E-state index contributed by atoms with van der Waals surface area (Å²) in [5, 5.41) is 4.01. The Kier molecular flexibility index (Phi) is 4.02. The average Bonchev–Trinajstić information content (AvgIpc) is 2.95. The van der Waals surface area contributed by atoms with Crippen LogP contribution in [0.3, 0.4) is 0 Å². The zero-order valence-corrected chi connectivity index (χ0v) is 11.6. The molecule has 20 heavy (non-hydrogen) atoms. The normalized spacial score (nSPS) is 16.4. The van der Waals surface area contributed by atoms with Crippen LogP contribution in [-0.2, 0) is 0 Å². The van der Waals surface area contributed by atoms with Crippen LogP contribution >= 0.6 is 0 Å². The fourth-order valence-corrected chi connectivity index (χ4v) is 2.73. The van der Waals surface area contributed by atoms with Crippen molar-refractivity contribution in [1.29, 1.82) is 0 Å². The number of piperidine rings is 1. The number of rotatable bonds is 4. The van der Waals surface area contributed by atoms with E-state index in [1.807, 2.05) is 18.2 Å². The Balaban J connectivity index is 1.53. The van der Waals surface area contributed by atoms with Gasteiger partial charge in [-0.2, -0.15) is 0 Å². The van der Waals surface area contributed by atoms with E-state index in [1.54, 1.807) is 6.20 Å². The molecule has 0 aliphatic carbocycles. The van der Waals surface area contributed by atoms with Crippen LogP contribution in [0, 0.1) is 6.07 Å². The van der Waals surface area contributed by atoms with Gasteiger partial charge in [0.1, 0.15) is 0 Å². The summed E-state index contributed by atoms with van der Waals surface area (Å²) in [6.45, 7) is 4.00. The average molecular weight is 270 g/mol. The minimum absolute atomic E-state index is 0.00138. The first-order valence-electron chi connectivity index (χ1n) is 7.32. The Morgan fingerprint density at radius 2 is 2.15 bits per heavy atom. The summed E-state index contributed by atoms with van der Waals surface area (Å²) in [7, 11) is 0. The third-order valence-electron chi connectivity index (χ3n) is 3.90. The van der Waals surface area contributed by atoms with Gasteiger partial charge in [0.25, 0.3) is 5.91 Å². The minimum Gasteiger partial charge on any atom is -0.361 e. The van der Waals surface area contributed by atoms with E-state index in [0.717, 1.165) is 17.4 Å². The summed E-state index contributed by atoms with van der Waals surface area (Å²) < 4.78 is 0. The number of aromatic nitrogens is 1. The zero-order valence-electron chi connectivity index (χ0n) is 11.6. The number of nitrogens with zero attached hydrogens (tertiary/aromatic N) is 1. The Hall–Kier alpha value is -1.81. The lowest BCUT2D eigenvalue weighted by Crippen LogP contribution is -2.37. The zero-order chi connectivity index (χ0) is 13.8.